The lowest BCUT2D eigenvalue weighted by atomic mass is 9.90. The number of hydrogen-bond acceptors (Lipinski definition) is 2. The Kier molecular flexibility index (Phi) is 3.47. The van der Waals surface area contributed by atoms with Crippen molar-refractivity contribution < 1.29 is 9.31 Å². The zero-order valence-corrected chi connectivity index (χ0v) is 13.1. The molecule has 0 aromatic heterocycles. The Hall–Kier alpha value is -0.578. The zero-order chi connectivity index (χ0) is 13.6. The molecule has 0 saturated carbocycles. The molecule has 2 nitrogen and oxygen atoms in total. The third-order valence-corrected chi connectivity index (χ3v) is 5.46. The molecule has 0 amide bonds. The van der Waals surface area contributed by atoms with Crippen molar-refractivity contribution in [2.24, 2.45) is 0 Å². The van der Waals surface area contributed by atoms with Gasteiger partial charge in [-0.05, 0) is 52.7 Å². The average Bonchev–Trinajstić information content (AvgIpc) is 2.43. The molecule has 1 aliphatic heterocycles. The van der Waals surface area contributed by atoms with Crippen LogP contribution in [0.3, 0.4) is 0 Å². The van der Waals surface area contributed by atoms with Gasteiger partial charge in [0.05, 0.1) is 11.2 Å². The van der Waals surface area contributed by atoms with Crippen LogP contribution in [0.5, 0.6) is 0 Å². The Morgan fingerprint density at radius 1 is 1.00 bits per heavy atom. The Morgan fingerprint density at radius 3 is 2.11 bits per heavy atom. The Bertz CT molecular complexity index is 441. The molecule has 0 spiro atoms. The van der Waals surface area contributed by atoms with Crippen molar-refractivity contribution in [2.75, 3.05) is 0 Å². The van der Waals surface area contributed by atoms with E-state index in [0.717, 1.165) is 0 Å². The highest BCUT2D eigenvalue weighted by Gasteiger charge is 2.50. The first-order valence-corrected chi connectivity index (χ1v) is 7.49. The first kappa shape index (κ1) is 13.8. The Balaban J connectivity index is 2.15. The van der Waals surface area contributed by atoms with Crippen LogP contribution in [0.15, 0.2) is 18.2 Å². The monoisotopic (exact) mass is 260 g/mol. The average molecular weight is 260 g/mol. The minimum atomic E-state index is -0.234. The molecule has 2 radical (unpaired) electrons. The molecule has 2 rings (SSSR count). The predicted molar refractivity (Wildman–Crippen MR) is 77.4 cm³/mol. The van der Waals surface area contributed by atoms with Crippen LogP contribution in [0.25, 0.3) is 0 Å². The van der Waals surface area contributed by atoms with Gasteiger partial charge in [0.15, 0.2) is 0 Å². The molecule has 1 heterocycles. The first-order valence-electron chi connectivity index (χ1n) is 6.41. The van der Waals surface area contributed by atoms with Crippen molar-refractivity contribution in [3.05, 3.63) is 29.3 Å². The normalized spacial score (nSPS) is 21.3. The van der Waals surface area contributed by atoms with Gasteiger partial charge in [0.1, 0.15) is 9.39 Å². The molecule has 1 fully saturated rings. The van der Waals surface area contributed by atoms with Crippen LogP contribution in [0.2, 0.25) is 0 Å². The summed E-state index contributed by atoms with van der Waals surface area (Å²) in [6, 6.07) is 6.43. The summed E-state index contributed by atoms with van der Waals surface area (Å²) in [5.41, 5.74) is 2.21. The fourth-order valence-corrected chi connectivity index (χ4v) is 3.50. The molecule has 96 valence electrons. The molecule has 1 aliphatic rings. The third kappa shape index (κ3) is 2.42. The summed E-state index contributed by atoms with van der Waals surface area (Å²) in [6.07, 6.45) is 0. The summed E-state index contributed by atoms with van der Waals surface area (Å²) in [6.45, 7) is 12.6. The van der Waals surface area contributed by atoms with Gasteiger partial charge in [-0.15, -0.1) is 0 Å². The molecule has 0 unspecified atom stereocenters. The smallest absolute Gasteiger partial charge is 0.406 e. The summed E-state index contributed by atoms with van der Waals surface area (Å²) < 4.78 is 12.1. The Morgan fingerprint density at radius 2 is 1.56 bits per heavy atom. The molecular formula is C14H21BO2Si. The minimum absolute atomic E-state index is 0.115. The fraction of sp³-hybridized carbons (Fsp3) is 0.571. The van der Waals surface area contributed by atoms with Crippen LogP contribution < -0.4 is 5.19 Å². The van der Waals surface area contributed by atoms with E-state index < -0.39 is 0 Å². The lowest BCUT2D eigenvalue weighted by Gasteiger charge is -2.32. The third-order valence-electron chi connectivity index (χ3n) is 4.13. The second kappa shape index (κ2) is 4.51. The summed E-state index contributed by atoms with van der Waals surface area (Å²) in [5.74, 6) is 0. The summed E-state index contributed by atoms with van der Waals surface area (Å²) in [7, 11) is 0.542. The van der Waals surface area contributed by atoms with Crippen LogP contribution >= 0.6 is 0 Å². The molecule has 1 aromatic rings. The molecule has 0 N–H and O–H groups in total. The number of rotatable bonds is 2. The summed E-state index contributed by atoms with van der Waals surface area (Å²) in [5, 5.41) is 1.34. The van der Waals surface area contributed by atoms with E-state index >= 15 is 0 Å². The highest BCUT2D eigenvalue weighted by Crippen LogP contribution is 2.36. The number of benzene rings is 1. The van der Waals surface area contributed by atoms with Gasteiger partial charge in [-0.2, -0.15) is 0 Å². The lowest BCUT2D eigenvalue weighted by Crippen LogP contribution is -2.41. The second-order valence-corrected chi connectivity index (χ2v) is 7.28. The minimum Gasteiger partial charge on any atom is -0.406 e. The van der Waals surface area contributed by atoms with E-state index in [1.807, 2.05) is 0 Å². The summed E-state index contributed by atoms with van der Waals surface area (Å²) in [4.78, 5) is 0. The standard InChI is InChI=1S/C14H21BO2Si/c1-10-8-7-9-12(11(10)2)18-15-16-13(3,4)14(5,6)17-15/h7-9H,1-6H3. The molecule has 18 heavy (non-hydrogen) atoms. The van der Waals surface area contributed by atoms with Gasteiger partial charge in [-0.25, -0.2) is 0 Å². The zero-order valence-electron chi connectivity index (χ0n) is 12.1. The first-order chi connectivity index (χ1) is 8.23. The number of aryl methyl sites for hydroxylation is 1. The van der Waals surface area contributed by atoms with Gasteiger partial charge in [-0.3, -0.25) is 0 Å². The largest absolute Gasteiger partial charge is 0.433 e. The van der Waals surface area contributed by atoms with Crippen LogP contribution in [-0.4, -0.2) is 27.3 Å². The van der Waals surface area contributed by atoms with E-state index in [0.29, 0.717) is 9.39 Å². The molecule has 0 bridgehead atoms. The highest BCUT2D eigenvalue weighted by atomic mass is 28.2. The maximum atomic E-state index is 6.05. The number of hydrogen-bond donors (Lipinski definition) is 0. The van der Waals surface area contributed by atoms with E-state index in [9.17, 15) is 0 Å². The molecule has 1 aromatic carbocycles. The van der Waals surface area contributed by atoms with Gasteiger partial charge >= 0.3 is 6.71 Å². The lowest BCUT2D eigenvalue weighted by molar-refractivity contribution is 0.00578. The van der Waals surface area contributed by atoms with Crippen molar-refractivity contribution in [3.63, 3.8) is 0 Å². The van der Waals surface area contributed by atoms with Crippen LogP contribution in [0.4, 0.5) is 0 Å². The van der Waals surface area contributed by atoms with Crippen LogP contribution in [0, 0.1) is 13.8 Å². The van der Waals surface area contributed by atoms with Crippen LogP contribution in [0.1, 0.15) is 38.8 Å². The van der Waals surface area contributed by atoms with Crippen molar-refractivity contribution in [1.29, 1.82) is 0 Å². The second-order valence-electron chi connectivity index (χ2n) is 5.98. The van der Waals surface area contributed by atoms with Gasteiger partial charge < -0.3 is 9.31 Å². The van der Waals surface area contributed by atoms with Crippen molar-refractivity contribution >= 4 is 21.3 Å². The van der Waals surface area contributed by atoms with Crippen LogP contribution in [-0.2, 0) is 9.31 Å². The maximum Gasteiger partial charge on any atom is 0.433 e. The molecule has 0 atom stereocenters. The van der Waals surface area contributed by atoms with Gasteiger partial charge in [0, 0.05) is 0 Å². The summed E-state index contributed by atoms with van der Waals surface area (Å²) >= 11 is 0. The Labute approximate surface area is 113 Å². The quantitative estimate of drug-likeness (QED) is 0.759. The van der Waals surface area contributed by atoms with Crippen molar-refractivity contribution in [3.8, 4) is 0 Å². The van der Waals surface area contributed by atoms with Gasteiger partial charge in [0.25, 0.3) is 0 Å². The van der Waals surface area contributed by atoms with Gasteiger partial charge in [0.2, 0.25) is 0 Å². The van der Waals surface area contributed by atoms with E-state index in [4.69, 9.17) is 9.31 Å². The van der Waals surface area contributed by atoms with E-state index in [2.05, 4.69) is 59.7 Å². The predicted octanol–water partition coefficient (Wildman–Crippen LogP) is 2.22. The molecule has 4 heteroatoms. The van der Waals surface area contributed by atoms with E-state index in [1.165, 1.54) is 16.3 Å². The van der Waals surface area contributed by atoms with E-state index in [-0.39, 0.29) is 17.9 Å². The maximum absolute atomic E-state index is 6.05. The topological polar surface area (TPSA) is 18.5 Å². The van der Waals surface area contributed by atoms with Crippen molar-refractivity contribution in [2.45, 2.75) is 52.7 Å². The molecule has 1 saturated heterocycles. The molecule has 0 aliphatic carbocycles. The fourth-order valence-electron chi connectivity index (χ4n) is 1.94. The SMILES string of the molecule is Cc1cccc([Si]B2OC(C)(C)C(C)(C)O2)c1C. The van der Waals surface area contributed by atoms with Gasteiger partial charge in [-0.1, -0.05) is 23.4 Å². The highest BCUT2D eigenvalue weighted by molar-refractivity contribution is 7.12. The van der Waals surface area contributed by atoms with Crippen molar-refractivity contribution in [1.82, 2.24) is 0 Å². The van der Waals surface area contributed by atoms with E-state index in [1.54, 1.807) is 0 Å². The molecular weight excluding hydrogens is 239 g/mol.